The van der Waals surface area contributed by atoms with Gasteiger partial charge in [0.2, 0.25) is 5.91 Å². The normalized spacial score (nSPS) is 29.4. The quantitative estimate of drug-likeness (QED) is 0.871. The predicted molar refractivity (Wildman–Crippen MR) is 77.4 cm³/mol. The van der Waals surface area contributed by atoms with E-state index in [2.05, 4.69) is 14.9 Å². The van der Waals surface area contributed by atoms with Gasteiger partial charge >= 0.3 is 0 Å². The van der Waals surface area contributed by atoms with E-state index >= 15 is 0 Å². The van der Waals surface area contributed by atoms with Gasteiger partial charge in [0.1, 0.15) is 0 Å². The van der Waals surface area contributed by atoms with Gasteiger partial charge in [0.25, 0.3) is 0 Å². The number of carbonyl (C=O) groups is 1. The molecule has 2 aliphatic rings. The van der Waals surface area contributed by atoms with Crippen LogP contribution in [0, 0.1) is 0 Å². The summed E-state index contributed by atoms with van der Waals surface area (Å²) in [4.78, 5) is 16.4. The van der Waals surface area contributed by atoms with Crippen LogP contribution in [-0.4, -0.2) is 27.5 Å². The van der Waals surface area contributed by atoms with Gasteiger partial charge in [-0.05, 0) is 51.5 Å². The van der Waals surface area contributed by atoms with Crippen molar-refractivity contribution in [3.05, 3.63) is 17.7 Å². The minimum atomic E-state index is -0.523. The Bertz CT molecular complexity index is 510. The third kappa shape index (κ3) is 2.14. The molecule has 110 valence electrons. The number of hydrogen-bond acceptors (Lipinski definition) is 3. The molecule has 2 unspecified atom stereocenters. The van der Waals surface area contributed by atoms with Crippen molar-refractivity contribution in [1.82, 2.24) is 14.9 Å². The van der Waals surface area contributed by atoms with E-state index in [-0.39, 0.29) is 5.91 Å². The van der Waals surface area contributed by atoms with Crippen LogP contribution in [0.3, 0.4) is 0 Å². The third-order valence-electron chi connectivity index (χ3n) is 4.93. The van der Waals surface area contributed by atoms with Crippen molar-refractivity contribution in [2.75, 3.05) is 6.54 Å². The molecule has 3 rings (SSSR count). The molecule has 2 aliphatic carbocycles. The van der Waals surface area contributed by atoms with E-state index in [9.17, 15) is 4.79 Å². The SMILES string of the molecule is CCNC1(C(N)=O)CCC(n2cnc3c2CCCC3)C1. The van der Waals surface area contributed by atoms with Crippen LogP contribution < -0.4 is 11.1 Å². The molecular weight excluding hydrogens is 252 g/mol. The zero-order valence-electron chi connectivity index (χ0n) is 12.2. The molecule has 1 heterocycles. The fourth-order valence-corrected chi connectivity index (χ4v) is 3.87. The number of carbonyl (C=O) groups excluding carboxylic acids is 1. The van der Waals surface area contributed by atoms with E-state index in [1.54, 1.807) is 0 Å². The Morgan fingerprint density at radius 3 is 3.10 bits per heavy atom. The summed E-state index contributed by atoms with van der Waals surface area (Å²) in [7, 11) is 0. The lowest BCUT2D eigenvalue weighted by Gasteiger charge is -2.27. The molecule has 1 aromatic heterocycles. The van der Waals surface area contributed by atoms with Crippen LogP contribution >= 0.6 is 0 Å². The predicted octanol–water partition coefficient (Wildman–Crippen LogP) is 1.32. The number of aromatic nitrogens is 2. The van der Waals surface area contributed by atoms with E-state index in [0.717, 1.165) is 38.6 Å². The first-order valence-corrected chi connectivity index (χ1v) is 7.76. The first-order valence-electron chi connectivity index (χ1n) is 7.76. The summed E-state index contributed by atoms with van der Waals surface area (Å²) in [6.45, 7) is 2.80. The molecule has 0 radical (unpaired) electrons. The van der Waals surface area contributed by atoms with E-state index < -0.39 is 5.54 Å². The Balaban J connectivity index is 1.83. The molecule has 0 aromatic carbocycles. The molecule has 1 amide bonds. The van der Waals surface area contributed by atoms with Crippen molar-refractivity contribution >= 4 is 5.91 Å². The molecular formula is C15H24N4O. The number of fused-ring (bicyclic) bond motifs is 1. The van der Waals surface area contributed by atoms with Gasteiger partial charge in [-0.3, -0.25) is 4.79 Å². The lowest BCUT2D eigenvalue weighted by atomic mass is 9.96. The van der Waals surface area contributed by atoms with Crippen LogP contribution in [0.1, 0.15) is 56.5 Å². The summed E-state index contributed by atoms with van der Waals surface area (Å²) >= 11 is 0. The molecule has 3 N–H and O–H groups in total. The number of likely N-dealkylation sites (N-methyl/N-ethyl adjacent to an activating group) is 1. The van der Waals surface area contributed by atoms with Crippen LogP contribution in [0.5, 0.6) is 0 Å². The standard InChI is InChI=1S/C15H24N4O/c1-2-18-15(14(16)20)8-7-11(9-15)19-10-17-12-5-3-4-6-13(12)19/h10-11,18H,2-9H2,1H3,(H2,16,20). The number of aryl methyl sites for hydroxylation is 1. The Morgan fingerprint density at radius 2 is 2.35 bits per heavy atom. The molecule has 0 aliphatic heterocycles. The summed E-state index contributed by atoms with van der Waals surface area (Å²) in [5.41, 5.74) is 7.77. The van der Waals surface area contributed by atoms with Gasteiger partial charge < -0.3 is 15.6 Å². The summed E-state index contributed by atoms with van der Waals surface area (Å²) < 4.78 is 2.32. The minimum Gasteiger partial charge on any atom is -0.368 e. The van der Waals surface area contributed by atoms with E-state index in [1.165, 1.54) is 24.2 Å². The highest BCUT2D eigenvalue weighted by molar-refractivity contribution is 5.85. The van der Waals surface area contributed by atoms with Crippen molar-refractivity contribution in [2.45, 2.75) is 63.5 Å². The van der Waals surface area contributed by atoms with Gasteiger partial charge in [-0.1, -0.05) is 6.92 Å². The lowest BCUT2D eigenvalue weighted by molar-refractivity contribution is -0.124. The minimum absolute atomic E-state index is 0.212. The highest BCUT2D eigenvalue weighted by Crippen LogP contribution is 2.39. The number of amides is 1. The number of rotatable bonds is 4. The molecule has 5 nitrogen and oxygen atoms in total. The first kappa shape index (κ1) is 13.6. The number of imidazole rings is 1. The van der Waals surface area contributed by atoms with Crippen molar-refractivity contribution in [1.29, 1.82) is 0 Å². The van der Waals surface area contributed by atoms with Crippen LogP contribution in [0.4, 0.5) is 0 Å². The van der Waals surface area contributed by atoms with Gasteiger partial charge in [-0.25, -0.2) is 4.98 Å². The molecule has 5 heteroatoms. The number of nitrogens with zero attached hydrogens (tertiary/aromatic N) is 2. The van der Waals surface area contributed by atoms with Crippen LogP contribution in [-0.2, 0) is 17.6 Å². The second-order valence-electron chi connectivity index (χ2n) is 6.13. The molecule has 20 heavy (non-hydrogen) atoms. The molecule has 2 atom stereocenters. The number of primary amides is 1. The molecule has 1 saturated carbocycles. The van der Waals surface area contributed by atoms with Gasteiger partial charge in [-0.2, -0.15) is 0 Å². The highest BCUT2D eigenvalue weighted by Gasteiger charge is 2.44. The van der Waals surface area contributed by atoms with Gasteiger partial charge in [0.05, 0.1) is 17.6 Å². The average Bonchev–Trinajstić information content (AvgIpc) is 3.03. The van der Waals surface area contributed by atoms with Gasteiger partial charge in [-0.15, -0.1) is 0 Å². The number of nitrogens with one attached hydrogen (secondary N) is 1. The monoisotopic (exact) mass is 276 g/mol. The topological polar surface area (TPSA) is 72.9 Å². The fraction of sp³-hybridized carbons (Fsp3) is 0.733. The van der Waals surface area contributed by atoms with E-state index in [1.807, 2.05) is 13.3 Å². The lowest BCUT2D eigenvalue weighted by Crippen LogP contribution is -2.53. The van der Waals surface area contributed by atoms with Crippen molar-refractivity contribution in [3.63, 3.8) is 0 Å². The average molecular weight is 276 g/mol. The van der Waals surface area contributed by atoms with Crippen molar-refractivity contribution in [3.8, 4) is 0 Å². The maximum Gasteiger partial charge on any atom is 0.237 e. The smallest absolute Gasteiger partial charge is 0.237 e. The van der Waals surface area contributed by atoms with E-state index in [4.69, 9.17) is 5.73 Å². The fourth-order valence-electron chi connectivity index (χ4n) is 3.87. The highest BCUT2D eigenvalue weighted by atomic mass is 16.1. The van der Waals surface area contributed by atoms with Gasteiger partial charge in [0.15, 0.2) is 0 Å². The molecule has 0 saturated heterocycles. The number of hydrogen-bond donors (Lipinski definition) is 2. The molecule has 0 spiro atoms. The maximum atomic E-state index is 11.9. The van der Waals surface area contributed by atoms with Crippen molar-refractivity contribution in [2.24, 2.45) is 5.73 Å². The second-order valence-corrected chi connectivity index (χ2v) is 6.13. The second kappa shape index (κ2) is 5.20. The van der Waals surface area contributed by atoms with Gasteiger partial charge in [0, 0.05) is 11.7 Å². The zero-order valence-corrected chi connectivity index (χ0v) is 12.2. The Hall–Kier alpha value is -1.36. The zero-order chi connectivity index (χ0) is 14.2. The number of nitrogens with two attached hydrogens (primary N) is 1. The van der Waals surface area contributed by atoms with Crippen molar-refractivity contribution < 1.29 is 4.79 Å². The summed E-state index contributed by atoms with van der Waals surface area (Å²) in [5, 5.41) is 3.32. The Morgan fingerprint density at radius 1 is 1.55 bits per heavy atom. The Kier molecular flexibility index (Phi) is 3.54. The van der Waals surface area contributed by atoms with Crippen LogP contribution in [0.2, 0.25) is 0 Å². The molecule has 0 bridgehead atoms. The van der Waals surface area contributed by atoms with Crippen LogP contribution in [0.25, 0.3) is 0 Å². The summed E-state index contributed by atoms with van der Waals surface area (Å²) in [6.07, 6.45) is 9.31. The van der Waals surface area contributed by atoms with E-state index in [0.29, 0.717) is 6.04 Å². The first-order chi connectivity index (χ1) is 9.66. The Labute approximate surface area is 119 Å². The summed E-state index contributed by atoms with van der Waals surface area (Å²) in [6, 6.07) is 0.357. The summed E-state index contributed by atoms with van der Waals surface area (Å²) in [5.74, 6) is -0.212. The third-order valence-corrected chi connectivity index (χ3v) is 4.93. The maximum absolute atomic E-state index is 11.9. The molecule has 1 fully saturated rings. The molecule has 1 aromatic rings. The largest absolute Gasteiger partial charge is 0.368 e. The van der Waals surface area contributed by atoms with Crippen LogP contribution in [0.15, 0.2) is 6.33 Å².